The van der Waals surface area contributed by atoms with E-state index in [0.29, 0.717) is 5.92 Å². The van der Waals surface area contributed by atoms with E-state index < -0.39 is 0 Å². The first-order valence-electron chi connectivity index (χ1n) is 8.05. The minimum absolute atomic E-state index is 0.478. The summed E-state index contributed by atoms with van der Waals surface area (Å²) in [6.45, 7) is 8.08. The Labute approximate surface area is 122 Å². The van der Waals surface area contributed by atoms with Gasteiger partial charge >= 0.3 is 0 Å². The third kappa shape index (κ3) is 3.81. The summed E-state index contributed by atoms with van der Waals surface area (Å²) in [5.74, 6) is 1.49. The summed E-state index contributed by atoms with van der Waals surface area (Å²) in [4.78, 5) is 5.24. The first kappa shape index (κ1) is 14.1. The minimum atomic E-state index is 0.478. The average molecular weight is 273 g/mol. The molecule has 0 spiro atoms. The Balaban J connectivity index is 1.47. The van der Waals surface area contributed by atoms with Crippen LogP contribution in [0.4, 0.5) is 0 Å². The highest BCUT2D eigenvalue weighted by Crippen LogP contribution is 2.30. The highest BCUT2D eigenvalue weighted by molar-refractivity contribution is 5.20. The van der Waals surface area contributed by atoms with Crippen LogP contribution in [-0.2, 0) is 0 Å². The van der Waals surface area contributed by atoms with Crippen molar-refractivity contribution in [3.8, 4) is 0 Å². The van der Waals surface area contributed by atoms with Gasteiger partial charge in [0.25, 0.3) is 0 Å². The van der Waals surface area contributed by atoms with E-state index >= 15 is 0 Å². The molecule has 1 atom stereocenters. The minimum Gasteiger partial charge on any atom is -0.330 e. The fourth-order valence-corrected chi connectivity index (χ4v) is 3.17. The van der Waals surface area contributed by atoms with E-state index in [9.17, 15) is 0 Å². The zero-order valence-electron chi connectivity index (χ0n) is 12.4. The Morgan fingerprint density at radius 2 is 1.65 bits per heavy atom. The third-order valence-electron chi connectivity index (χ3n) is 4.71. The van der Waals surface area contributed by atoms with Gasteiger partial charge in [-0.1, -0.05) is 30.3 Å². The highest BCUT2D eigenvalue weighted by atomic mass is 15.3. The van der Waals surface area contributed by atoms with Gasteiger partial charge in [0.05, 0.1) is 0 Å². The second kappa shape index (κ2) is 6.70. The molecule has 3 nitrogen and oxygen atoms in total. The number of nitrogens with zero attached hydrogens (tertiary/aromatic N) is 2. The van der Waals surface area contributed by atoms with Gasteiger partial charge in [0, 0.05) is 51.7 Å². The van der Waals surface area contributed by atoms with Crippen molar-refractivity contribution in [2.45, 2.75) is 18.8 Å². The number of hydrogen-bond donors (Lipinski definition) is 1. The van der Waals surface area contributed by atoms with Gasteiger partial charge in [-0.2, -0.15) is 0 Å². The number of nitrogens with two attached hydrogens (primary N) is 1. The predicted molar refractivity (Wildman–Crippen MR) is 83.8 cm³/mol. The Bertz CT molecular complexity index is 394. The van der Waals surface area contributed by atoms with Gasteiger partial charge in [0.15, 0.2) is 0 Å². The number of benzene rings is 1. The lowest BCUT2D eigenvalue weighted by molar-refractivity contribution is 0.123. The molecular weight excluding hydrogens is 246 g/mol. The predicted octanol–water partition coefficient (Wildman–Crippen LogP) is 1.76. The largest absolute Gasteiger partial charge is 0.330 e. The van der Waals surface area contributed by atoms with E-state index in [4.69, 9.17) is 5.73 Å². The molecular formula is C17H27N3. The summed E-state index contributed by atoms with van der Waals surface area (Å²) in [7, 11) is 0. The third-order valence-corrected chi connectivity index (χ3v) is 4.71. The molecule has 0 radical (unpaired) electrons. The Morgan fingerprint density at radius 1 is 1.00 bits per heavy atom. The lowest BCUT2D eigenvalue weighted by atomic mass is 9.98. The van der Waals surface area contributed by atoms with Crippen molar-refractivity contribution in [2.75, 3.05) is 45.8 Å². The zero-order valence-corrected chi connectivity index (χ0v) is 12.4. The zero-order chi connectivity index (χ0) is 13.8. The first-order chi connectivity index (χ1) is 9.85. The fraction of sp³-hybridized carbons (Fsp3) is 0.647. The van der Waals surface area contributed by atoms with Gasteiger partial charge in [0.1, 0.15) is 0 Å². The molecule has 1 heterocycles. The molecule has 110 valence electrons. The van der Waals surface area contributed by atoms with Crippen LogP contribution in [0.2, 0.25) is 0 Å². The van der Waals surface area contributed by atoms with Gasteiger partial charge in [-0.3, -0.25) is 0 Å². The fourth-order valence-electron chi connectivity index (χ4n) is 3.17. The van der Waals surface area contributed by atoms with Crippen molar-refractivity contribution in [3.05, 3.63) is 35.9 Å². The average Bonchev–Trinajstić information content (AvgIpc) is 3.31. The molecule has 20 heavy (non-hydrogen) atoms. The number of piperazine rings is 1. The molecule has 3 heteroatoms. The molecule has 2 aliphatic rings. The molecule has 0 bridgehead atoms. The molecule has 1 aliphatic heterocycles. The molecule has 1 aliphatic carbocycles. The van der Waals surface area contributed by atoms with E-state index in [2.05, 4.69) is 40.1 Å². The smallest absolute Gasteiger partial charge is 0.0110 e. The van der Waals surface area contributed by atoms with Crippen molar-refractivity contribution in [1.82, 2.24) is 9.80 Å². The van der Waals surface area contributed by atoms with E-state index in [1.807, 2.05) is 0 Å². The van der Waals surface area contributed by atoms with Crippen LogP contribution in [0.1, 0.15) is 24.3 Å². The van der Waals surface area contributed by atoms with E-state index in [-0.39, 0.29) is 0 Å². The summed E-state index contributed by atoms with van der Waals surface area (Å²) in [6, 6.07) is 10.7. The molecule has 1 saturated carbocycles. The molecule has 3 rings (SSSR count). The maximum absolute atomic E-state index is 5.99. The van der Waals surface area contributed by atoms with Crippen molar-refractivity contribution in [3.63, 3.8) is 0 Å². The molecule has 1 unspecified atom stereocenters. The molecule has 0 aromatic heterocycles. The number of rotatable bonds is 6. The van der Waals surface area contributed by atoms with Crippen LogP contribution in [0.3, 0.4) is 0 Å². The van der Waals surface area contributed by atoms with E-state index in [0.717, 1.165) is 19.0 Å². The van der Waals surface area contributed by atoms with Gasteiger partial charge in [-0.15, -0.1) is 0 Å². The molecule has 1 saturated heterocycles. The Morgan fingerprint density at radius 3 is 2.25 bits per heavy atom. The van der Waals surface area contributed by atoms with Crippen molar-refractivity contribution in [2.24, 2.45) is 11.7 Å². The van der Waals surface area contributed by atoms with E-state index in [1.54, 1.807) is 0 Å². The SMILES string of the molecule is NCC(CN1CCN(CC2CC2)CC1)c1ccccc1. The van der Waals surface area contributed by atoms with Crippen molar-refractivity contribution >= 4 is 0 Å². The van der Waals surface area contributed by atoms with Crippen LogP contribution >= 0.6 is 0 Å². The van der Waals surface area contributed by atoms with Gasteiger partial charge in [0.2, 0.25) is 0 Å². The highest BCUT2D eigenvalue weighted by Gasteiger charge is 2.26. The van der Waals surface area contributed by atoms with Crippen LogP contribution < -0.4 is 5.73 Å². The van der Waals surface area contributed by atoms with Gasteiger partial charge in [-0.05, 0) is 24.3 Å². The van der Waals surface area contributed by atoms with Gasteiger partial charge in [-0.25, -0.2) is 0 Å². The van der Waals surface area contributed by atoms with Crippen LogP contribution in [0.25, 0.3) is 0 Å². The molecule has 0 amide bonds. The lowest BCUT2D eigenvalue weighted by Crippen LogP contribution is -2.48. The van der Waals surface area contributed by atoms with Crippen molar-refractivity contribution < 1.29 is 0 Å². The summed E-state index contributed by atoms with van der Waals surface area (Å²) in [5.41, 5.74) is 7.37. The van der Waals surface area contributed by atoms with Gasteiger partial charge < -0.3 is 15.5 Å². The van der Waals surface area contributed by atoms with Crippen LogP contribution in [-0.4, -0.2) is 55.6 Å². The molecule has 2 N–H and O–H groups in total. The summed E-state index contributed by atoms with van der Waals surface area (Å²) >= 11 is 0. The van der Waals surface area contributed by atoms with Crippen LogP contribution in [0, 0.1) is 5.92 Å². The summed E-state index contributed by atoms with van der Waals surface area (Å²) in [5, 5.41) is 0. The second-order valence-electron chi connectivity index (χ2n) is 6.39. The maximum atomic E-state index is 5.99. The van der Waals surface area contributed by atoms with Crippen molar-refractivity contribution in [1.29, 1.82) is 0 Å². The van der Waals surface area contributed by atoms with Crippen LogP contribution in [0.15, 0.2) is 30.3 Å². The summed E-state index contributed by atoms with van der Waals surface area (Å²) in [6.07, 6.45) is 2.92. The second-order valence-corrected chi connectivity index (χ2v) is 6.39. The first-order valence-corrected chi connectivity index (χ1v) is 8.05. The molecule has 1 aromatic rings. The van der Waals surface area contributed by atoms with E-state index in [1.165, 1.54) is 51.1 Å². The quantitative estimate of drug-likeness (QED) is 0.857. The molecule has 1 aromatic carbocycles. The normalized spacial score (nSPS) is 22.9. The monoisotopic (exact) mass is 273 g/mol. The maximum Gasteiger partial charge on any atom is 0.0110 e. The topological polar surface area (TPSA) is 32.5 Å². The Kier molecular flexibility index (Phi) is 4.71. The standard InChI is InChI=1S/C17H27N3/c18-12-17(16-4-2-1-3-5-16)14-20-10-8-19(9-11-20)13-15-6-7-15/h1-5,15,17H,6-14,18H2. The van der Waals surface area contributed by atoms with Crippen LogP contribution in [0.5, 0.6) is 0 Å². The number of hydrogen-bond acceptors (Lipinski definition) is 3. The lowest BCUT2D eigenvalue weighted by Gasteiger charge is -2.36. The Hall–Kier alpha value is -0.900. The molecule has 2 fully saturated rings. The summed E-state index contributed by atoms with van der Waals surface area (Å²) < 4.78 is 0.